The van der Waals surface area contributed by atoms with Crippen LogP contribution in [0.25, 0.3) is 22.3 Å². The van der Waals surface area contributed by atoms with Crippen LogP contribution in [-0.4, -0.2) is 26.2 Å². The number of hydrogen-bond acceptors (Lipinski definition) is 4. The number of aromatic nitrogens is 3. The molecule has 3 heterocycles. The first kappa shape index (κ1) is 18.2. The molecule has 3 rings (SSSR count). The monoisotopic (exact) mass is 354 g/mol. The van der Waals surface area contributed by atoms with E-state index in [0.29, 0.717) is 16.9 Å². The molecule has 1 N–H and O–H groups in total. The molecule has 6 heteroatoms. The molecule has 0 saturated heterocycles. The van der Waals surface area contributed by atoms with E-state index >= 15 is 0 Å². The number of amides is 1. The van der Waals surface area contributed by atoms with Gasteiger partial charge in [-0.3, -0.25) is 4.79 Å². The quantitative estimate of drug-likeness (QED) is 0.756. The Kier molecular flexibility index (Phi) is 4.38. The van der Waals surface area contributed by atoms with Gasteiger partial charge in [-0.1, -0.05) is 0 Å². The summed E-state index contributed by atoms with van der Waals surface area (Å²) in [6, 6.07) is 3.92. The van der Waals surface area contributed by atoms with Crippen LogP contribution in [0.3, 0.4) is 0 Å². The average molecular weight is 354 g/mol. The number of hydrogen-bond donors (Lipinski definition) is 1. The van der Waals surface area contributed by atoms with Gasteiger partial charge in [0.05, 0.1) is 22.8 Å². The molecule has 0 bridgehead atoms. The third-order valence-corrected chi connectivity index (χ3v) is 4.11. The lowest BCUT2D eigenvalue weighted by molar-refractivity contribution is 0.0921. The second-order valence-corrected chi connectivity index (χ2v) is 8.01. The van der Waals surface area contributed by atoms with Crippen molar-refractivity contribution in [1.29, 1.82) is 0 Å². The molecule has 0 spiro atoms. The molecule has 0 fully saturated rings. The molecule has 0 aliphatic carbocycles. The minimum Gasteiger partial charge on any atom is -0.466 e. The number of fused-ring (bicyclic) bond motifs is 1. The number of aryl methyl sites for hydroxylation is 2. The van der Waals surface area contributed by atoms with Crippen molar-refractivity contribution in [2.75, 3.05) is 0 Å². The molecule has 0 radical (unpaired) electrons. The van der Waals surface area contributed by atoms with Gasteiger partial charge in [0.1, 0.15) is 11.5 Å². The summed E-state index contributed by atoms with van der Waals surface area (Å²) in [6.07, 6.45) is 1.72. The number of furan rings is 1. The second kappa shape index (κ2) is 6.27. The van der Waals surface area contributed by atoms with Gasteiger partial charge in [0.2, 0.25) is 0 Å². The standard InChI is InChI=1S/C20H26N4O2/c1-11(2)24-18-16(10-21-24)15(19(25)23-20(5,6)7)9-17(22-18)14-8-12(3)26-13(14)4/h8-11H,1-7H3,(H,23,25). The van der Waals surface area contributed by atoms with E-state index in [1.807, 2.05) is 65.3 Å². The third-order valence-electron chi connectivity index (χ3n) is 4.11. The van der Waals surface area contributed by atoms with E-state index < -0.39 is 0 Å². The van der Waals surface area contributed by atoms with Crippen molar-refractivity contribution in [2.45, 2.75) is 60.0 Å². The second-order valence-electron chi connectivity index (χ2n) is 8.01. The van der Waals surface area contributed by atoms with Gasteiger partial charge in [-0.15, -0.1) is 0 Å². The van der Waals surface area contributed by atoms with Crippen LogP contribution in [0, 0.1) is 13.8 Å². The largest absolute Gasteiger partial charge is 0.466 e. The van der Waals surface area contributed by atoms with Crippen LogP contribution in [0.15, 0.2) is 22.7 Å². The lowest BCUT2D eigenvalue weighted by Crippen LogP contribution is -2.40. The first-order valence-electron chi connectivity index (χ1n) is 8.85. The van der Waals surface area contributed by atoms with Crippen molar-refractivity contribution in [1.82, 2.24) is 20.1 Å². The minimum absolute atomic E-state index is 0.132. The van der Waals surface area contributed by atoms with Gasteiger partial charge in [-0.05, 0) is 60.6 Å². The van der Waals surface area contributed by atoms with Crippen LogP contribution in [0.5, 0.6) is 0 Å². The Bertz CT molecular complexity index is 974. The minimum atomic E-state index is -0.330. The van der Waals surface area contributed by atoms with E-state index in [1.165, 1.54) is 0 Å². The van der Waals surface area contributed by atoms with Gasteiger partial charge in [-0.2, -0.15) is 5.10 Å². The van der Waals surface area contributed by atoms with Crippen LogP contribution in [0.4, 0.5) is 0 Å². The predicted octanol–water partition coefficient (Wildman–Crippen LogP) is 4.42. The van der Waals surface area contributed by atoms with Crippen LogP contribution in [-0.2, 0) is 0 Å². The van der Waals surface area contributed by atoms with Gasteiger partial charge in [0.25, 0.3) is 5.91 Å². The van der Waals surface area contributed by atoms with Gasteiger partial charge >= 0.3 is 0 Å². The van der Waals surface area contributed by atoms with Crippen LogP contribution >= 0.6 is 0 Å². The van der Waals surface area contributed by atoms with Crippen molar-refractivity contribution in [2.24, 2.45) is 0 Å². The summed E-state index contributed by atoms with van der Waals surface area (Å²) in [4.78, 5) is 17.7. The molecule has 1 amide bonds. The molecule has 0 aliphatic heterocycles. The summed E-state index contributed by atoms with van der Waals surface area (Å²) >= 11 is 0. The zero-order valence-corrected chi connectivity index (χ0v) is 16.5. The fourth-order valence-electron chi connectivity index (χ4n) is 3.01. The highest BCUT2D eigenvalue weighted by Gasteiger charge is 2.22. The molecule has 0 unspecified atom stereocenters. The molecule has 0 saturated carbocycles. The Labute approximate surface area is 153 Å². The van der Waals surface area contributed by atoms with E-state index in [4.69, 9.17) is 9.40 Å². The van der Waals surface area contributed by atoms with Crippen LogP contribution in [0.1, 0.15) is 62.5 Å². The van der Waals surface area contributed by atoms with Crippen molar-refractivity contribution in [3.8, 4) is 11.3 Å². The number of rotatable bonds is 3. The molecule has 3 aromatic heterocycles. The summed E-state index contributed by atoms with van der Waals surface area (Å²) in [5.74, 6) is 1.47. The third kappa shape index (κ3) is 3.36. The van der Waals surface area contributed by atoms with Crippen molar-refractivity contribution < 1.29 is 9.21 Å². The highest BCUT2D eigenvalue weighted by atomic mass is 16.3. The highest BCUT2D eigenvalue weighted by molar-refractivity contribution is 6.06. The molecule has 3 aromatic rings. The smallest absolute Gasteiger partial charge is 0.252 e. The molecule has 6 nitrogen and oxygen atoms in total. The molecule has 138 valence electrons. The van der Waals surface area contributed by atoms with Crippen LogP contribution in [0.2, 0.25) is 0 Å². The van der Waals surface area contributed by atoms with E-state index in [-0.39, 0.29) is 17.5 Å². The number of carbonyl (C=O) groups is 1. The summed E-state index contributed by atoms with van der Waals surface area (Å²) < 4.78 is 7.50. The van der Waals surface area contributed by atoms with Crippen molar-refractivity contribution in [3.05, 3.63) is 35.4 Å². The van der Waals surface area contributed by atoms with Crippen molar-refractivity contribution in [3.63, 3.8) is 0 Å². The van der Waals surface area contributed by atoms with Gasteiger partial charge in [0, 0.05) is 17.1 Å². The zero-order chi connectivity index (χ0) is 19.2. The topological polar surface area (TPSA) is 73.0 Å². The van der Waals surface area contributed by atoms with Gasteiger partial charge in [0.15, 0.2) is 5.65 Å². The van der Waals surface area contributed by atoms with E-state index in [1.54, 1.807) is 6.20 Å². The lowest BCUT2D eigenvalue weighted by Gasteiger charge is -2.21. The fraction of sp³-hybridized carbons (Fsp3) is 0.450. The number of carbonyl (C=O) groups excluding carboxylic acids is 1. The fourth-order valence-corrected chi connectivity index (χ4v) is 3.01. The summed E-state index contributed by atoms with van der Waals surface area (Å²) in [5, 5.41) is 8.24. The highest BCUT2D eigenvalue weighted by Crippen LogP contribution is 2.30. The van der Waals surface area contributed by atoms with E-state index in [0.717, 1.165) is 22.5 Å². The first-order chi connectivity index (χ1) is 12.1. The van der Waals surface area contributed by atoms with Gasteiger partial charge < -0.3 is 9.73 Å². The predicted molar refractivity (Wildman–Crippen MR) is 102 cm³/mol. The maximum absolute atomic E-state index is 12.9. The molecule has 26 heavy (non-hydrogen) atoms. The van der Waals surface area contributed by atoms with Crippen LogP contribution < -0.4 is 5.32 Å². The average Bonchev–Trinajstić information content (AvgIpc) is 3.07. The lowest BCUT2D eigenvalue weighted by atomic mass is 10.0. The zero-order valence-electron chi connectivity index (χ0n) is 16.5. The van der Waals surface area contributed by atoms with Gasteiger partial charge in [-0.25, -0.2) is 9.67 Å². The number of pyridine rings is 1. The maximum atomic E-state index is 12.9. The maximum Gasteiger partial charge on any atom is 0.252 e. The Morgan fingerprint density at radius 2 is 1.92 bits per heavy atom. The SMILES string of the molecule is Cc1cc(-c2cc(C(=O)NC(C)(C)C)c3cnn(C(C)C)c3n2)c(C)o1. The Balaban J connectivity index is 2.25. The summed E-state index contributed by atoms with van der Waals surface area (Å²) in [5.41, 5.74) is 2.56. The summed E-state index contributed by atoms with van der Waals surface area (Å²) in [6.45, 7) is 13.8. The molecular formula is C20H26N4O2. The van der Waals surface area contributed by atoms with E-state index in [2.05, 4.69) is 10.4 Å². The molecular weight excluding hydrogens is 328 g/mol. The Morgan fingerprint density at radius 3 is 2.46 bits per heavy atom. The van der Waals surface area contributed by atoms with E-state index in [9.17, 15) is 4.79 Å². The summed E-state index contributed by atoms with van der Waals surface area (Å²) in [7, 11) is 0. The number of nitrogens with one attached hydrogen (secondary N) is 1. The molecule has 0 aliphatic rings. The normalized spacial score (nSPS) is 12.2. The molecule has 0 aromatic carbocycles. The molecule has 0 atom stereocenters. The number of nitrogens with zero attached hydrogens (tertiary/aromatic N) is 3. The Morgan fingerprint density at radius 1 is 1.23 bits per heavy atom. The Hall–Kier alpha value is -2.63. The first-order valence-corrected chi connectivity index (χ1v) is 8.85. The van der Waals surface area contributed by atoms with Crippen molar-refractivity contribution >= 4 is 16.9 Å².